The van der Waals surface area contributed by atoms with Crippen molar-refractivity contribution in [2.45, 2.75) is 25.9 Å². The first-order valence-electron chi connectivity index (χ1n) is 8.14. The van der Waals surface area contributed by atoms with Crippen LogP contribution in [0, 0.1) is 13.8 Å². The maximum absolute atomic E-state index is 12.9. The number of ether oxygens (including phenoxy) is 1. The van der Waals surface area contributed by atoms with Gasteiger partial charge in [-0.25, -0.2) is 8.42 Å². The molecule has 2 atom stereocenters. The summed E-state index contributed by atoms with van der Waals surface area (Å²) in [4.78, 5) is 16.8. The van der Waals surface area contributed by atoms with E-state index in [1.807, 2.05) is 0 Å². The molecule has 2 fully saturated rings. The number of rotatable bonds is 4. The standard InChI is InChI=1S/C16H24N2O5S/c1-11-8-13(12(2)23-11)16(19)18-5-4-17(6-7-22-3)14-9-24(20,21)10-15(14)18/h8,14-15H,4-7,9-10H2,1-3H3. The topological polar surface area (TPSA) is 80.1 Å². The van der Waals surface area contributed by atoms with Gasteiger partial charge in [-0.3, -0.25) is 9.69 Å². The van der Waals surface area contributed by atoms with E-state index < -0.39 is 9.84 Å². The van der Waals surface area contributed by atoms with Gasteiger partial charge in [0.25, 0.3) is 5.91 Å². The minimum atomic E-state index is -3.14. The Balaban J connectivity index is 1.85. The number of sulfone groups is 1. The van der Waals surface area contributed by atoms with E-state index in [-0.39, 0.29) is 29.5 Å². The minimum absolute atomic E-state index is 0.0305. The van der Waals surface area contributed by atoms with Gasteiger partial charge < -0.3 is 14.1 Å². The van der Waals surface area contributed by atoms with E-state index in [4.69, 9.17) is 9.15 Å². The number of piperazine rings is 1. The van der Waals surface area contributed by atoms with Crippen LogP contribution in [0.1, 0.15) is 21.9 Å². The Hall–Kier alpha value is -1.38. The SMILES string of the molecule is COCCN1CCN(C(=O)c2cc(C)oc2C)C2CS(=O)(=O)CC21. The third-order valence-electron chi connectivity index (χ3n) is 4.91. The molecule has 3 rings (SSSR count). The highest BCUT2D eigenvalue weighted by molar-refractivity contribution is 7.91. The molecule has 134 valence electrons. The lowest BCUT2D eigenvalue weighted by Gasteiger charge is -2.43. The Bertz CT molecular complexity index is 727. The molecule has 3 heterocycles. The summed E-state index contributed by atoms with van der Waals surface area (Å²) in [6, 6.07) is 1.27. The van der Waals surface area contributed by atoms with Crippen molar-refractivity contribution >= 4 is 15.7 Å². The largest absolute Gasteiger partial charge is 0.466 e. The molecule has 0 aromatic carbocycles. The van der Waals surface area contributed by atoms with Crippen LogP contribution in [0.25, 0.3) is 0 Å². The van der Waals surface area contributed by atoms with Gasteiger partial charge in [-0.2, -0.15) is 0 Å². The summed E-state index contributed by atoms with van der Waals surface area (Å²) >= 11 is 0. The quantitative estimate of drug-likeness (QED) is 0.780. The average molecular weight is 356 g/mol. The molecule has 1 amide bonds. The molecule has 1 aromatic rings. The molecule has 2 aliphatic rings. The summed E-state index contributed by atoms with van der Waals surface area (Å²) in [5.74, 6) is 1.27. The van der Waals surface area contributed by atoms with Crippen LogP contribution in [0.3, 0.4) is 0 Å². The molecule has 24 heavy (non-hydrogen) atoms. The van der Waals surface area contributed by atoms with E-state index in [0.717, 1.165) is 0 Å². The van der Waals surface area contributed by atoms with Gasteiger partial charge >= 0.3 is 0 Å². The van der Waals surface area contributed by atoms with Gasteiger partial charge in [-0.1, -0.05) is 0 Å². The summed E-state index contributed by atoms with van der Waals surface area (Å²) in [5, 5.41) is 0. The van der Waals surface area contributed by atoms with Crippen LogP contribution < -0.4 is 0 Å². The minimum Gasteiger partial charge on any atom is -0.466 e. The van der Waals surface area contributed by atoms with E-state index in [1.54, 1.807) is 31.9 Å². The second kappa shape index (κ2) is 6.50. The summed E-state index contributed by atoms with van der Waals surface area (Å²) in [5.41, 5.74) is 0.529. The van der Waals surface area contributed by atoms with Gasteiger partial charge in [0.2, 0.25) is 0 Å². The normalized spacial score (nSPS) is 26.5. The van der Waals surface area contributed by atoms with Crippen LogP contribution in [0.4, 0.5) is 0 Å². The average Bonchev–Trinajstić information content (AvgIpc) is 3.01. The molecule has 0 radical (unpaired) electrons. The first-order chi connectivity index (χ1) is 11.3. The number of fused-ring (bicyclic) bond motifs is 1. The highest BCUT2D eigenvalue weighted by Gasteiger charge is 2.48. The zero-order valence-electron chi connectivity index (χ0n) is 14.3. The van der Waals surface area contributed by atoms with Crippen molar-refractivity contribution in [2.75, 3.05) is 44.9 Å². The van der Waals surface area contributed by atoms with Crippen LogP contribution in [-0.2, 0) is 14.6 Å². The first kappa shape index (κ1) is 17.4. The Morgan fingerprint density at radius 3 is 2.62 bits per heavy atom. The van der Waals surface area contributed by atoms with Crippen molar-refractivity contribution in [1.82, 2.24) is 9.80 Å². The lowest BCUT2D eigenvalue weighted by atomic mass is 10.0. The maximum atomic E-state index is 12.9. The van der Waals surface area contributed by atoms with Crippen LogP contribution in [0.15, 0.2) is 10.5 Å². The van der Waals surface area contributed by atoms with E-state index in [2.05, 4.69) is 4.90 Å². The van der Waals surface area contributed by atoms with Crippen LogP contribution >= 0.6 is 0 Å². The predicted molar refractivity (Wildman–Crippen MR) is 88.9 cm³/mol. The van der Waals surface area contributed by atoms with E-state index in [9.17, 15) is 13.2 Å². The molecule has 0 aliphatic carbocycles. The summed E-state index contributed by atoms with van der Waals surface area (Å²) in [6.07, 6.45) is 0. The summed E-state index contributed by atoms with van der Waals surface area (Å²) < 4.78 is 34.9. The van der Waals surface area contributed by atoms with Gasteiger partial charge in [0.05, 0.1) is 29.7 Å². The first-order valence-corrected chi connectivity index (χ1v) is 9.96. The molecule has 0 saturated carbocycles. The van der Waals surface area contributed by atoms with Crippen molar-refractivity contribution < 1.29 is 22.4 Å². The Morgan fingerprint density at radius 1 is 1.29 bits per heavy atom. The lowest BCUT2D eigenvalue weighted by Crippen LogP contribution is -2.61. The third kappa shape index (κ3) is 3.22. The number of furan rings is 1. The monoisotopic (exact) mass is 356 g/mol. The molecule has 1 aromatic heterocycles. The number of methoxy groups -OCH3 is 1. The number of aryl methyl sites for hydroxylation is 2. The third-order valence-corrected chi connectivity index (χ3v) is 6.60. The van der Waals surface area contributed by atoms with Crippen LogP contribution in [-0.4, -0.2) is 81.1 Å². The fourth-order valence-corrected chi connectivity index (χ4v) is 5.77. The molecule has 2 saturated heterocycles. The van der Waals surface area contributed by atoms with Crippen molar-refractivity contribution in [3.8, 4) is 0 Å². The smallest absolute Gasteiger partial charge is 0.257 e. The molecule has 0 N–H and O–H groups in total. The van der Waals surface area contributed by atoms with Crippen molar-refractivity contribution in [1.29, 1.82) is 0 Å². The second-order valence-electron chi connectivity index (χ2n) is 6.57. The Morgan fingerprint density at radius 2 is 2.00 bits per heavy atom. The molecule has 0 spiro atoms. The number of hydrogen-bond acceptors (Lipinski definition) is 6. The lowest BCUT2D eigenvalue weighted by molar-refractivity contribution is 0.0246. The van der Waals surface area contributed by atoms with Gasteiger partial charge in [0, 0.05) is 32.8 Å². The van der Waals surface area contributed by atoms with Crippen molar-refractivity contribution in [3.63, 3.8) is 0 Å². The van der Waals surface area contributed by atoms with Crippen molar-refractivity contribution in [2.24, 2.45) is 0 Å². The maximum Gasteiger partial charge on any atom is 0.257 e. The molecule has 8 heteroatoms. The van der Waals surface area contributed by atoms with E-state index >= 15 is 0 Å². The Labute approximate surface area is 142 Å². The van der Waals surface area contributed by atoms with Crippen LogP contribution in [0.5, 0.6) is 0 Å². The van der Waals surface area contributed by atoms with Gasteiger partial charge in [0.15, 0.2) is 9.84 Å². The molecule has 0 bridgehead atoms. The number of carbonyl (C=O) groups is 1. The zero-order valence-corrected chi connectivity index (χ0v) is 15.1. The van der Waals surface area contributed by atoms with Gasteiger partial charge in [-0.05, 0) is 19.9 Å². The number of hydrogen-bond donors (Lipinski definition) is 0. The van der Waals surface area contributed by atoms with Crippen molar-refractivity contribution in [3.05, 3.63) is 23.2 Å². The highest BCUT2D eigenvalue weighted by Crippen LogP contribution is 2.29. The fraction of sp³-hybridized carbons (Fsp3) is 0.688. The van der Waals surface area contributed by atoms with Crippen LogP contribution in [0.2, 0.25) is 0 Å². The number of nitrogens with zero attached hydrogens (tertiary/aromatic N) is 2. The van der Waals surface area contributed by atoms with E-state index in [1.165, 1.54) is 0 Å². The highest BCUT2D eigenvalue weighted by atomic mass is 32.2. The van der Waals surface area contributed by atoms with Gasteiger partial charge in [-0.15, -0.1) is 0 Å². The molecule has 7 nitrogen and oxygen atoms in total. The predicted octanol–water partition coefficient (Wildman–Crippen LogP) is 0.466. The zero-order chi connectivity index (χ0) is 17.5. The molecule has 2 unspecified atom stereocenters. The summed E-state index contributed by atoms with van der Waals surface area (Å²) in [6.45, 7) is 5.97. The Kier molecular flexibility index (Phi) is 4.72. The van der Waals surface area contributed by atoms with E-state index in [0.29, 0.717) is 43.3 Å². The second-order valence-corrected chi connectivity index (χ2v) is 8.72. The fourth-order valence-electron chi connectivity index (χ4n) is 3.76. The molecule has 2 aliphatic heterocycles. The van der Waals surface area contributed by atoms with Gasteiger partial charge in [0.1, 0.15) is 11.5 Å². The number of carbonyl (C=O) groups excluding carboxylic acids is 1. The number of amides is 1. The summed E-state index contributed by atoms with van der Waals surface area (Å²) in [7, 11) is -1.51. The molecular weight excluding hydrogens is 332 g/mol. The molecular formula is C16H24N2O5S.